The van der Waals surface area contributed by atoms with Crippen LogP contribution >= 0.6 is 23.4 Å². The van der Waals surface area contributed by atoms with Crippen molar-refractivity contribution < 1.29 is 0 Å². The molecule has 0 bridgehead atoms. The lowest BCUT2D eigenvalue weighted by atomic mass is 9.95. The molecule has 0 radical (unpaired) electrons. The molecule has 1 fully saturated rings. The molecular formula is C24H25ClN4S. The van der Waals surface area contributed by atoms with Crippen molar-refractivity contribution in [2.75, 3.05) is 5.75 Å². The maximum atomic E-state index is 6.56. The molecule has 3 aromatic rings. The third-order valence-corrected chi connectivity index (χ3v) is 7.66. The summed E-state index contributed by atoms with van der Waals surface area (Å²) >= 11 is 8.44. The number of nitrogens with zero attached hydrogens (tertiary/aromatic N) is 4. The molecule has 4 heterocycles. The molecule has 3 unspecified atom stereocenters. The summed E-state index contributed by atoms with van der Waals surface area (Å²) in [4.78, 5) is 12.4. The smallest absolute Gasteiger partial charge is 0.160 e. The number of aryl methyl sites for hydroxylation is 1. The number of pyridine rings is 1. The fourth-order valence-electron chi connectivity index (χ4n) is 4.78. The molecule has 154 valence electrons. The quantitative estimate of drug-likeness (QED) is 0.493. The Kier molecular flexibility index (Phi) is 5.11. The number of para-hydroxylation sites is 1. The number of rotatable bonds is 4. The van der Waals surface area contributed by atoms with E-state index in [2.05, 4.69) is 59.5 Å². The Morgan fingerprint density at radius 2 is 1.93 bits per heavy atom. The first-order valence-electron chi connectivity index (χ1n) is 10.4. The summed E-state index contributed by atoms with van der Waals surface area (Å²) in [5.74, 6) is 1.10. The van der Waals surface area contributed by atoms with Crippen LogP contribution in [0.2, 0.25) is 5.02 Å². The van der Waals surface area contributed by atoms with E-state index in [1.165, 1.54) is 17.0 Å². The van der Waals surface area contributed by atoms with E-state index in [9.17, 15) is 0 Å². The summed E-state index contributed by atoms with van der Waals surface area (Å²) < 4.78 is 2.27. The molecule has 0 N–H and O–H groups in total. The van der Waals surface area contributed by atoms with Gasteiger partial charge in [-0.2, -0.15) is 0 Å². The molecule has 4 nitrogen and oxygen atoms in total. The third-order valence-electron chi connectivity index (χ3n) is 6.21. The van der Waals surface area contributed by atoms with Crippen molar-refractivity contribution in [2.45, 2.75) is 45.3 Å². The minimum atomic E-state index is 0.00300. The van der Waals surface area contributed by atoms with E-state index in [1.807, 2.05) is 42.2 Å². The number of fused-ring (bicyclic) bond motifs is 1. The molecule has 2 aliphatic rings. The fourth-order valence-corrected chi connectivity index (χ4v) is 6.34. The van der Waals surface area contributed by atoms with Gasteiger partial charge < -0.3 is 9.47 Å². The van der Waals surface area contributed by atoms with E-state index in [0.29, 0.717) is 6.04 Å². The van der Waals surface area contributed by atoms with Crippen molar-refractivity contribution in [2.24, 2.45) is 4.99 Å². The number of halogens is 1. The highest BCUT2D eigenvalue weighted by Crippen LogP contribution is 2.49. The van der Waals surface area contributed by atoms with Gasteiger partial charge in [0.1, 0.15) is 6.04 Å². The van der Waals surface area contributed by atoms with E-state index in [-0.39, 0.29) is 12.1 Å². The average molecular weight is 437 g/mol. The topological polar surface area (TPSA) is 33.4 Å². The zero-order valence-electron chi connectivity index (χ0n) is 17.4. The van der Waals surface area contributed by atoms with Crippen LogP contribution in [-0.4, -0.2) is 31.4 Å². The number of aromatic nitrogens is 2. The lowest BCUT2D eigenvalue weighted by Crippen LogP contribution is -2.35. The molecule has 0 aliphatic carbocycles. The van der Waals surface area contributed by atoms with Crippen LogP contribution in [0.1, 0.15) is 48.1 Å². The molecule has 1 saturated heterocycles. The largest absolute Gasteiger partial charge is 0.338 e. The van der Waals surface area contributed by atoms with Crippen molar-refractivity contribution in [3.05, 3.63) is 82.4 Å². The molecule has 1 aromatic carbocycles. The Bertz CT molecular complexity index is 1110. The Morgan fingerprint density at radius 1 is 1.13 bits per heavy atom. The van der Waals surface area contributed by atoms with Crippen molar-refractivity contribution in [1.82, 2.24) is 14.5 Å². The minimum Gasteiger partial charge on any atom is -0.338 e. The van der Waals surface area contributed by atoms with Gasteiger partial charge in [-0.25, -0.2) is 0 Å². The van der Waals surface area contributed by atoms with Crippen molar-refractivity contribution in [1.29, 1.82) is 0 Å². The van der Waals surface area contributed by atoms with Crippen LogP contribution in [0, 0.1) is 13.8 Å². The molecule has 5 rings (SSSR count). The van der Waals surface area contributed by atoms with Crippen LogP contribution in [0.4, 0.5) is 0 Å². The fraction of sp³-hybridized carbons (Fsp3) is 0.333. The Morgan fingerprint density at radius 3 is 2.67 bits per heavy atom. The summed E-state index contributed by atoms with van der Waals surface area (Å²) in [6.07, 6.45) is 2.98. The summed E-state index contributed by atoms with van der Waals surface area (Å²) in [6.45, 7) is 6.62. The Labute approximate surface area is 187 Å². The van der Waals surface area contributed by atoms with E-state index < -0.39 is 0 Å². The summed E-state index contributed by atoms with van der Waals surface area (Å²) in [5.41, 5.74) is 5.76. The van der Waals surface area contributed by atoms with Crippen molar-refractivity contribution >= 4 is 28.5 Å². The van der Waals surface area contributed by atoms with Gasteiger partial charge in [-0.05, 0) is 56.2 Å². The molecular weight excluding hydrogens is 412 g/mol. The van der Waals surface area contributed by atoms with Gasteiger partial charge in [0.2, 0.25) is 0 Å². The number of thioether (sulfide) groups is 1. The second-order valence-electron chi connectivity index (χ2n) is 7.95. The van der Waals surface area contributed by atoms with Gasteiger partial charge in [-0.15, -0.1) is 0 Å². The predicted molar refractivity (Wildman–Crippen MR) is 126 cm³/mol. The molecule has 0 amide bonds. The van der Waals surface area contributed by atoms with Gasteiger partial charge in [-0.3, -0.25) is 9.98 Å². The van der Waals surface area contributed by atoms with Crippen molar-refractivity contribution in [3.8, 4) is 5.69 Å². The van der Waals surface area contributed by atoms with Gasteiger partial charge in [0.05, 0.1) is 22.4 Å². The van der Waals surface area contributed by atoms with E-state index >= 15 is 0 Å². The molecule has 2 aromatic heterocycles. The minimum absolute atomic E-state index is 0.00300. The van der Waals surface area contributed by atoms with Crippen molar-refractivity contribution in [3.63, 3.8) is 0 Å². The van der Waals surface area contributed by atoms with Gasteiger partial charge in [-0.1, -0.05) is 48.5 Å². The van der Waals surface area contributed by atoms with Crippen LogP contribution in [0.3, 0.4) is 0 Å². The molecule has 0 saturated carbocycles. The molecule has 3 atom stereocenters. The number of hydrogen-bond acceptors (Lipinski definition) is 4. The molecule has 30 heavy (non-hydrogen) atoms. The first kappa shape index (κ1) is 19.7. The van der Waals surface area contributed by atoms with Crippen LogP contribution in [-0.2, 0) is 0 Å². The normalized spacial score (nSPS) is 23.0. The number of aliphatic imine (C=N–C) groups is 1. The zero-order chi connectivity index (χ0) is 20.8. The standard InChI is InChI=1S/C24H25ClN4S/c1-4-17-14-30-24-27-22(20-10-7-8-12-26-20)23(29(17)24)18-13-15(2)28(16(18)3)21-11-6-5-9-19(21)25/h5-13,17,22-23H,4,14H2,1-3H3. The summed E-state index contributed by atoms with van der Waals surface area (Å²) in [5, 5.41) is 1.92. The second kappa shape index (κ2) is 7.78. The van der Waals surface area contributed by atoms with E-state index in [1.54, 1.807) is 0 Å². The van der Waals surface area contributed by atoms with Gasteiger partial charge in [0, 0.05) is 29.4 Å². The SMILES string of the molecule is CCC1CSC2=NC(c3ccccn3)C(c3cc(C)n(-c4ccccc4Cl)c3C)N21. The monoisotopic (exact) mass is 436 g/mol. The lowest BCUT2D eigenvalue weighted by Gasteiger charge is -2.32. The van der Waals surface area contributed by atoms with E-state index in [0.717, 1.165) is 33.7 Å². The second-order valence-corrected chi connectivity index (χ2v) is 9.34. The van der Waals surface area contributed by atoms with Gasteiger partial charge in [0.25, 0.3) is 0 Å². The third kappa shape index (κ3) is 3.07. The Hall–Kier alpha value is -2.24. The molecule has 6 heteroatoms. The van der Waals surface area contributed by atoms with Crippen LogP contribution in [0.15, 0.2) is 59.7 Å². The highest BCUT2D eigenvalue weighted by atomic mass is 35.5. The molecule has 0 spiro atoms. The number of benzene rings is 1. The summed E-state index contributed by atoms with van der Waals surface area (Å²) in [7, 11) is 0. The number of hydrogen-bond donors (Lipinski definition) is 0. The average Bonchev–Trinajstić information content (AvgIpc) is 3.41. The van der Waals surface area contributed by atoms with Crippen LogP contribution in [0.25, 0.3) is 5.69 Å². The maximum Gasteiger partial charge on any atom is 0.160 e. The van der Waals surface area contributed by atoms with E-state index in [4.69, 9.17) is 16.6 Å². The summed E-state index contributed by atoms with van der Waals surface area (Å²) in [6, 6.07) is 17.1. The predicted octanol–water partition coefficient (Wildman–Crippen LogP) is 6.12. The lowest BCUT2D eigenvalue weighted by molar-refractivity contribution is 0.254. The highest BCUT2D eigenvalue weighted by Gasteiger charge is 2.46. The number of amidine groups is 1. The Balaban J connectivity index is 1.66. The van der Waals surface area contributed by atoms with Crippen LogP contribution < -0.4 is 0 Å². The van der Waals surface area contributed by atoms with Gasteiger partial charge >= 0.3 is 0 Å². The first-order valence-corrected chi connectivity index (χ1v) is 11.8. The van der Waals surface area contributed by atoms with Gasteiger partial charge in [0.15, 0.2) is 5.17 Å². The first-order chi connectivity index (χ1) is 14.6. The maximum absolute atomic E-state index is 6.56. The highest BCUT2D eigenvalue weighted by molar-refractivity contribution is 8.14. The molecule has 2 aliphatic heterocycles. The zero-order valence-corrected chi connectivity index (χ0v) is 19.0. The van der Waals surface area contributed by atoms with Crippen LogP contribution in [0.5, 0.6) is 0 Å².